The van der Waals surface area contributed by atoms with E-state index in [2.05, 4.69) is 35.2 Å². The number of aryl methyl sites for hydroxylation is 1. The average molecular weight is 424 g/mol. The van der Waals surface area contributed by atoms with Crippen LogP contribution in [0.25, 0.3) is 0 Å². The largest absolute Gasteiger partial charge is 0.348 e. The van der Waals surface area contributed by atoms with Gasteiger partial charge < -0.3 is 14.4 Å². The molecule has 2 aromatic heterocycles. The van der Waals surface area contributed by atoms with E-state index in [4.69, 9.17) is 4.98 Å². The van der Waals surface area contributed by atoms with Crippen molar-refractivity contribution in [1.82, 2.24) is 14.5 Å². The Kier molecular flexibility index (Phi) is 6.18. The van der Waals surface area contributed by atoms with Gasteiger partial charge in [-0.3, -0.25) is 4.79 Å². The summed E-state index contributed by atoms with van der Waals surface area (Å²) in [5.41, 5.74) is 3.44. The van der Waals surface area contributed by atoms with Gasteiger partial charge in [0.2, 0.25) is 0 Å². The lowest BCUT2D eigenvalue weighted by molar-refractivity contribution is 0.0980. The second-order valence-electron chi connectivity index (χ2n) is 8.20. The van der Waals surface area contributed by atoms with Crippen molar-refractivity contribution in [1.29, 1.82) is 0 Å². The van der Waals surface area contributed by atoms with E-state index in [0.717, 1.165) is 35.2 Å². The predicted molar refractivity (Wildman–Crippen MR) is 122 cm³/mol. The van der Waals surface area contributed by atoms with E-state index >= 15 is 0 Å². The Morgan fingerprint density at radius 3 is 2.67 bits per heavy atom. The molecule has 0 N–H and O–H groups in total. The molecule has 0 bridgehead atoms. The first-order valence-electron chi connectivity index (χ1n) is 10.6. The van der Waals surface area contributed by atoms with Crippen molar-refractivity contribution in [3.8, 4) is 0 Å². The number of para-hydroxylation sites is 1. The molecule has 1 aliphatic heterocycles. The minimum Gasteiger partial charge on any atom is -0.348 e. The monoisotopic (exact) mass is 423 g/mol. The second kappa shape index (κ2) is 9.00. The molecule has 0 unspecified atom stereocenters. The van der Waals surface area contributed by atoms with Crippen LogP contribution in [0.3, 0.4) is 0 Å². The van der Waals surface area contributed by atoms with Gasteiger partial charge in [0, 0.05) is 37.4 Å². The number of benzene rings is 1. The van der Waals surface area contributed by atoms with Crippen molar-refractivity contribution >= 4 is 28.1 Å². The summed E-state index contributed by atoms with van der Waals surface area (Å²) in [5.74, 6) is 0.204. The highest BCUT2D eigenvalue weighted by molar-refractivity contribution is 7.13. The van der Waals surface area contributed by atoms with Crippen molar-refractivity contribution in [2.24, 2.45) is 7.05 Å². The van der Waals surface area contributed by atoms with Crippen molar-refractivity contribution < 1.29 is 4.79 Å². The lowest BCUT2D eigenvalue weighted by Crippen LogP contribution is -2.32. The van der Waals surface area contributed by atoms with E-state index in [-0.39, 0.29) is 5.91 Å². The molecule has 0 spiro atoms. The van der Waals surface area contributed by atoms with E-state index < -0.39 is 0 Å². The molecule has 6 nitrogen and oxygen atoms in total. The van der Waals surface area contributed by atoms with Crippen LogP contribution in [0.4, 0.5) is 10.8 Å². The third-order valence-corrected chi connectivity index (χ3v) is 6.46. The zero-order valence-corrected chi connectivity index (χ0v) is 18.7. The number of amides is 1. The predicted octanol–water partition coefficient (Wildman–Crippen LogP) is 4.84. The number of imidazole rings is 1. The Balaban J connectivity index is 1.66. The van der Waals surface area contributed by atoms with Crippen molar-refractivity contribution in [2.45, 2.75) is 45.6 Å². The maximum Gasteiger partial charge on any atom is 0.278 e. The number of hydrogen-bond donors (Lipinski definition) is 0. The number of carbonyl (C=O) groups is 1. The molecular formula is C23H29N5OS. The van der Waals surface area contributed by atoms with Gasteiger partial charge in [0.1, 0.15) is 5.69 Å². The van der Waals surface area contributed by atoms with Gasteiger partial charge in [-0.05, 0) is 36.8 Å². The molecule has 7 heteroatoms. The van der Waals surface area contributed by atoms with Crippen LogP contribution in [0.1, 0.15) is 60.8 Å². The normalized spacial score (nSPS) is 14.3. The number of piperidine rings is 1. The third-order valence-electron chi connectivity index (χ3n) is 5.51. The van der Waals surface area contributed by atoms with Gasteiger partial charge in [-0.2, -0.15) is 0 Å². The highest BCUT2D eigenvalue weighted by Crippen LogP contribution is 2.31. The summed E-state index contributed by atoms with van der Waals surface area (Å²) in [5, 5.41) is 3.15. The summed E-state index contributed by atoms with van der Waals surface area (Å²) in [6, 6.07) is 8.13. The van der Waals surface area contributed by atoms with Crippen molar-refractivity contribution in [3.63, 3.8) is 0 Å². The van der Waals surface area contributed by atoms with Gasteiger partial charge in [0.25, 0.3) is 5.91 Å². The van der Waals surface area contributed by atoms with Gasteiger partial charge in [-0.1, -0.05) is 32.0 Å². The maximum atomic E-state index is 13.5. The summed E-state index contributed by atoms with van der Waals surface area (Å²) < 4.78 is 1.80. The first-order chi connectivity index (χ1) is 14.5. The van der Waals surface area contributed by atoms with E-state index in [1.807, 2.05) is 30.1 Å². The van der Waals surface area contributed by atoms with E-state index in [9.17, 15) is 4.79 Å². The molecule has 0 saturated carbocycles. The molecule has 1 saturated heterocycles. The molecule has 1 aromatic carbocycles. The molecule has 1 amide bonds. The summed E-state index contributed by atoms with van der Waals surface area (Å²) in [6.07, 6.45) is 7.18. The van der Waals surface area contributed by atoms with Gasteiger partial charge in [-0.15, -0.1) is 11.3 Å². The highest BCUT2D eigenvalue weighted by atomic mass is 32.1. The first kappa shape index (κ1) is 20.6. The fraction of sp³-hybridized carbons (Fsp3) is 0.435. The Labute approximate surface area is 182 Å². The van der Waals surface area contributed by atoms with Gasteiger partial charge in [0.15, 0.2) is 5.13 Å². The molecule has 3 heterocycles. The Morgan fingerprint density at radius 1 is 1.20 bits per heavy atom. The number of thiazole rings is 1. The Bertz CT molecular complexity index is 1000. The molecule has 0 radical (unpaired) electrons. The zero-order valence-electron chi connectivity index (χ0n) is 17.9. The molecule has 3 aromatic rings. The summed E-state index contributed by atoms with van der Waals surface area (Å²) >= 11 is 1.67. The Morgan fingerprint density at radius 2 is 1.97 bits per heavy atom. The average Bonchev–Trinajstić information content (AvgIpc) is 3.41. The molecule has 0 atom stereocenters. The van der Waals surface area contributed by atoms with Crippen LogP contribution < -0.4 is 9.80 Å². The molecular weight excluding hydrogens is 394 g/mol. The standard InChI is InChI=1S/C23H29N5OS/c1-17(2)19-9-5-6-10-21(19)28(22(29)20-14-26(3)16-24-20)13-18-15-30-23(25-18)27-11-7-4-8-12-27/h5-6,9-10,14-17H,4,7-8,11-13H2,1-3H3. The number of carbonyl (C=O) groups excluding carboxylic acids is 1. The summed E-state index contributed by atoms with van der Waals surface area (Å²) in [7, 11) is 1.88. The fourth-order valence-electron chi connectivity index (χ4n) is 3.91. The number of anilines is 2. The lowest BCUT2D eigenvalue weighted by Gasteiger charge is -2.26. The quantitative estimate of drug-likeness (QED) is 0.569. The summed E-state index contributed by atoms with van der Waals surface area (Å²) in [6.45, 7) is 6.88. The number of nitrogens with zero attached hydrogens (tertiary/aromatic N) is 5. The van der Waals surface area contributed by atoms with Crippen molar-refractivity contribution in [2.75, 3.05) is 22.9 Å². The second-order valence-corrected chi connectivity index (χ2v) is 9.03. The topological polar surface area (TPSA) is 54.3 Å². The SMILES string of the molecule is CC(C)c1ccccc1N(Cc1csc(N2CCCCC2)n1)C(=O)c1cn(C)cn1. The number of hydrogen-bond acceptors (Lipinski definition) is 5. The first-order valence-corrected chi connectivity index (χ1v) is 11.5. The molecule has 1 aliphatic rings. The molecule has 158 valence electrons. The van der Waals surface area contributed by atoms with E-state index in [0.29, 0.717) is 18.2 Å². The highest BCUT2D eigenvalue weighted by Gasteiger charge is 2.24. The van der Waals surface area contributed by atoms with Crippen LogP contribution in [0, 0.1) is 0 Å². The zero-order chi connectivity index (χ0) is 21.1. The minimum absolute atomic E-state index is 0.101. The summed E-state index contributed by atoms with van der Waals surface area (Å²) in [4.78, 5) is 26.8. The van der Waals surface area contributed by atoms with Crippen LogP contribution >= 0.6 is 11.3 Å². The van der Waals surface area contributed by atoms with Crippen LogP contribution in [0.2, 0.25) is 0 Å². The Hall–Kier alpha value is -2.67. The fourth-order valence-corrected chi connectivity index (χ4v) is 4.78. The van der Waals surface area contributed by atoms with Crippen LogP contribution in [-0.2, 0) is 13.6 Å². The molecule has 30 heavy (non-hydrogen) atoms. The lowest BCUT2D eigenvalue weighted by atomic mass is 10.00. The van der Waals surface area contributed by atoms with Crippen LogP contribution in [-0.4, -0.2) is 33.5 Å². The third kappa shape index (κ3) is 4.41. The van der Waals surface area contributed by atoms with E-state index in [1.165, 1.54) is 19.3 Å². The van der Waals surface area contributed by atoms with Gasteiger partial charge >= 0.3 is 0 Å². The molecule has 4 rings (SSSR count). The van der Waals surface area contributed by atoms with E-state index in [1.54, 1.807) is 28.4 Å². The smallest absolute Gasteiger partial charge is 0.278 e. The van der Waals surface area contributed by atoms with Crippen LogP contribution in [0.15, 0.2) is 42.2 Å². The maximum absolute atomic E-state index is 13.5. The number of rotatable bonds is 6. The number of aromatic nitrogens is 3. The molecule has 1 fully saturated rings. The van der Waals surface area contributed by atoms with Gasteiger partial charge in [0.05, 0.1) is 18.6 Å². The van der Waals surface area contributed by atoms with Crippen molar-refractivity contribution in [3.05, 3.63) is 59.1 Å². The van der Waals surface area contributed by atoms with Crippen LogP contribution in [0.5, 0.6) is 0 Å². The minimum atomic E-state index is -0.101. The van der Waals surface area contributed by atoms with Gasteiger partial charge in [-0.25, -0.2) is 9.97 Å². The molecule has 0 aliphatic carbocycles.